The molecule has 0 amide bonds. The van der Waals surface area contributed by atoms with Crippen LogP contribution in [0.1, 0.15) is 89.0 Å². The van der Waals surface area contributed by atoms with Crippen molar-refractivity contribution in [1.82, 2.24) is 0 Å². The van der Waals surface area contributed by atoms with Gasteiger partial charge >= 0.3 is 0 Å². The Morgan fingerprint density at radius 1 is 0.151 bits per heavy atom. The highest BCUT2D eigenvalue weighted by molar-refractivity contribution is 7.25. The van der Waals surface area contributed by atoms with Crippen molar-refractivity contribution < 1.29 is 0 Å². The van der Waals surface area contributed by atoms with Crippen LogP contribution < -0.4 is 0 Å². The van der Waals surface area contributed by atoms with E-state index >= 15 is 0 Å². The quantitative estimate of drug-likeness (QED) is 0.165. The molecule has 0 nitrogen and oxygen atoms in total. The summed E-state index contributed by atoms with van der Waals surface area (Å²) in [7, 11) is 0. The zero-order valence-corrected chi connectivity index (χ0v) is 48.3. The molecule has 0 unspecified atom stereocenters. The van der Waals surface area contributed by atoms with Gasteiger partial charge in [0.15, 0.2) is 0 Å². The zero-order valence-electron chi connectivity index (χ0n) is 46.7. The summed E-state index contributed by atoms with van der Waals surface area (Å²) in [5.41, 5.74) is 32.6. The number of hydrogen-bond donors (Lipinski definition) is 0. The molecule has 398 valence electrons. The number of thiophene rings is 2. The smallest absolute Gasteiger partial charge is 0.0720 e. The molecule has 2 heteroatoms. The normalized spacial score (nSPS) is 15.6. The topological polar surface area (TPSA) is 0 Å². The number of benzene rings is 12. The fraction of sp³-hybridized carbons (Fsp3) is 0.0476. The van der Waals surface area contributed by atoms with Crippen LogP contribution in [0.5, 0.6) is 0 Å². The molecule has 12 aromatic carbocycles. The van der Waals surface area contributed by atoms with Crippen molar-refractivity contribution in [2.45, 2.75) is 21.7 Å². The van der Waals surface area contributed by atoms with Crippen LogP contribution in [0, 0.1) is 0 Å². The monoisotopic (exact) mass is 1120 g/mol. The van der Waals surface area contributed by atoms with Crippen molar-refractivity contribution in [3.63, 3.8) is 0 Å². The molecule has 20 rings (SSSR count). The molecule has 4 spiro atoms. The van der Waals surface area contributed by atoms with Gasteiger partial charge in [-0.2, -0.15) is 0 Å². The highest BCUT2D eigenvalue weighted by Gasteiger charge is 2.61. The van der Waals surface area contributed by atoms with Gasteiger partial charge in [0.2, 0.25) is 0 Å². The van der Waals surface area contributed by atoms with E-state index in [1.165, 1.54) is 164 Å². The lowest BCUT2D eigenvalue weighted by atomic mass is 9.52. The van der Waals surface area contributed by atoms with Crippen molar-refractivity contribution >= 4 is 22.7 Å². The van der Waals surface area contributed by atoms with E-state index < -0.39 is 21.7 Å². The van der Waals surface area contributed by atoms with Gasteiger partial charge in [-0.05, 0) is 181 Å². The summed E-state index contributed by atoms with van der Waals surface area (Å²) in [5, 5.41) is 0. The van der Waals surface area contributed by atoms with E-state index in [1.54, 1.807) is 0 Å². The van der Waals surface area contributed by atoms with Crippen LogP contribution >= 0.6 is 22.7 Å². The molecule has 0 saturated heterocycles. The van der Waals surface area contributed by atoms with E-state index in [0.29, 0.717) is 0 Å². The van der Waals surface area contributed by atoms with Gasteiger partial charge in [-0.3, -0.25) is 0 Å². The van der Waals surface area contributed by atoms with Crippen LogP contribution in [0.3, 0.4) is 0 Å². The molecule has 0 N–H and O–H groups in total. The maximum atomic E-state index is 2.60. The number of fused-ring (bicyclic) bond motifs is 32. The molecule has 0 bridgehead atoms. The second kappa shape index (κ2) is 16.9. The average Bonchev–Trinajstić information content (AvgIpc) is 1.38. The predicted octanol–water partition coefficient (Wildman–Crippen LogP) is 20.9. The molecule has 6 aliphatic carbocycles. The predicted molar refractivity (Wildman–Crippen MR) is 355 cm³/mol. The molecule has 0 aliphatic heterocycles. The van der Waals surface area contributed by atoms with E-state index in [2.05, 4.69) is 303 Å². The molecule has 2 heterocycles. The fourth-order valence-electron chi connectivity index (χ4n) is 18.0. The third-order valence-electron chi connectivity index (χ3n) is 21.0. The molecule has 0 radical (unpaired) electrons. The Kier molecular flexibility index (Phi) is 9.31. The van der Waals surface area contributed by atoms with Crippen molar-refractivity contribution in [3.05, 3.63) is 392 Å². The van der Waals surface area contributed by atoms with Crippen LogP contribution in [0.4, 0.5) is 0 Å². The third-order valence-corrected chi connectivity index (χ3v) is 23.4. The van der Waals surface area contributed by atoms with E-state index in [0.717, 1.165) is 0 Å². The minimum atomic E-state index is -0.544. The number of hydrogen-bond acceptors (Lipinski definition) is 2. The van der Waals surface area contributed by atoms with Gasteiger partial charge < -0.3 is 0 Å². The van der Waals surface area contributed by atoms with Gasteiger partial charge in [-0.15, -0.1) is 22.7 Å². The Labute approximate surface area is 508 Å². The summed E-state index contributed by atoms with van der Waals surface area (Å²) >= 11 is 3.82. The Bertz CT molecular complexity index is 4780. The lowest BCUT2D eigenvalue weighted by Gasteiger charge is -2.49. The lowest BCUT2D eigenvalue weighted by molar-refractivity contribution is 0.633. The second-order valence-electron chi connectivity index (χ2n) is 24.3. The van der Waals surface area contributed by atoms with Crippen molar-refractivity contribution in [2.75, 3.05) is 0 Å². The first-order valence-corrected chi connectivity index (χ1v) is 31.8. The Morgan fingerprint density at radius 2 is 0.337 bits per heavy atom. The standard InChI is InChI=1S/C84H50S2/c1-9-29-61-53(21-1)54-22-2-10-30-62(54)81(61)69-37-17-19-39-71(69)83(65-33-13-5-25-57(65)58-26-6-14-34-66(58)83)75-49-51(41-43-73(75)81)77-45-47-79(85-77)80-48-46-78(86-80)52-42-44-74-76(50-52)84(67-35-15-7-27-59(67)60-28-8-16-36-68(60)84)72-40-20-18-38-70(72)82(74)63-31-11-3-23-55(63)56-24-4-12-32-64(56)82/h1-50H. The zero-order chi connectivity index (χ0) is 56.1. The summed E-state index contributed by atoms with van der Waals surface area (Å²) in [5.74, 6) is 0. The molecule has 2 aromatic heterocycles. The average molecular weight is 1120 g/mol. The van der Waals surface area contributed by atoms with Crippen molar-refractivity contribution in [3.8, 4) is 75.1 Å². The molecule has 0 atom stereocenters. The first-order chi connectivity index (χ1) is 42.6. The van der Waals surface area contributed by atoms with Gasteiger partial charge in [0.05, 0.1) is 21.7 Å². The summed E-state index contributed by atoms with van der Waals surface area (Å²) in [6.07, 6.45) is 0. The minimum Gasteiger partial charge on any atom is -0.134 e. The second-order valence-corrected chi connectivity index (χ2v) is 26.5. The number of rotatable bonds is 3. The van der Waals surface area contributed by atoms with Crippen LogP contribution in [0.25, 0.3) is 75.1 Å². The molecule has 0 saturated carbocycles. The van der Waals surface area contributed by atoms with Crippen LogP contribution in [0.15, 0.2) is 303 Å². The van der Waals surface area contributed by atoms with Crippen molar-refractivity contribution in [2.24, 2.45) is 0 Å². The first-order valence-electron chi connectivity index (χ1n) is 30.1. The van der Waals surface area contributed by atoms with E-state index in [4.69, 9.17) is 0 Å². The first kappa shape index (κ1) is 47.4. The highest BCUT2D eigenvalue weighted by atomic mass is 32.1. The molecule has 14 aromatic rings. The van der Waals surface area contributed by atoms with Gasteiger partial charge in [-0.1, -0.05) is 267 Å². The van der Waals surface area contributed by atoms with Gasteiger partial charge in [0.25, 0.3) is 0 Å². The SMILES string of the molecule is c1ccc2c(c1)-c1ccccc1C21c2ccccc2C2(c3ccccc3-c3ccccc32)c2cc(-c3ccc(-c4ccc(-c5ccc6c(c5)C5(c7ccccc7-c7ccccc75)c5ccccc5C65c6ccccc6-c6ccccc65)s4)s3)ccc21. The Balaban J connectivity index is 0.769. The Hall–Kier alpha value is -9.96. The van der Waals surface area contributed by atoms with Gasteiger partial charge in [-0.25, -0.2) is 0 Å². The third kappa shape index (κ3) is 5.50. The molecular weight excluding hydrogens is 1070 g/mol. The van der Waals surface area contributed by atoms with Gasteiger partial charge in [0.1, 0.15) is 0 Å². The molecule has 6 aliphatic rings. The largest absolute Gasteiger partial charge is 0.134 e. The summed E-state index contributed by atoms with van der Waals surface area (Å²) in [4.78, 5) is 5.09. The maximum Gasteiger partial charge on any atom is 0.0720 e. The molecule has 86 heavy (non-hydrogen) atoms. The fourth-order valence-corrected chi connectivity index (χ4v) is 20.1. The molecule has 0 fully saturated rings. The summed E-state index contributed by atoms with van der Waals surface area (Å²) < 4.78 is 0. The maximum absolute atomic E-state index is 2.60. The van der Waals surface area contributed by atoms with Gasteiger partial charge in [0, 0.05) is 19.5 Å². The van der Waals surface area contributed by atoms with E-state index in [-0.39, 0.29) is 0 Å². The summed E-state index contributed by atoms with van der Waals surface area (Å²) in [6, 6.07) is 117. The van der Waals surface area contributed by atoms with Crippen LogP contribution in [-0.4, -0.2) is 0 Å². The minimum absolute atomic E-state index is 0.514. The lowest BCUT2D eigenvalue weighted by Crippen LogP contribution is -2.43. The highest BCUT2D eigenvalue weighted by Crippen LogP contribution is 2.70. The van der Waals surface area contributed by atoms with E-state index in [9.17, 15) is 0 Å². The van der Waals surface area contributed by atoms with E-state index in [1.807, 2.05) is 22.7 Å². The van der Waals surface area contributed by atoms with Crippen LogP contribution in [-0.2, 0) is 21.7 Å². The van der Waals surface area contributed by atoms with Crippen LogP contribution in [0.2, 0.25) is 0 Å². The Morgan fingerprint density at radius 3 is 0.581 bits per heavy atom. The van der Waals surface area contributed by atoms with Crippen molar-refractivity contribution in [1.29, 1.82) is 0 Å². The molecular formula is C84H50S2. The summed E-state index contributed by atoms with van der Waals surface area (Å²) in [6.45, 7) is 0.